The number of ether oxygens (including phenoxy) is 1. The predicted molar refractivity (Wildman–Crippen MR) is 90.8 cm³/mol. The van der Waals surface area contributed by atoms with E-state index in [1.54, 1.807) is 0 Å². The van der Waals surface area contributed by atoms with Gasteiger partial charge in [-0.1, -0.05) is 29.8 Å². The molecule has 112 valence electrons. The van der Waals surface area contributed by atoms with Crippen molar-refractivity contribution in [2.45, 2.75) is 13.8 Å². The molecule has 0 aliphatic heterocycles. The lowest BCUT2D eigenvalue weighted by Gasteiger charge is -2.14. The first-order valence-corrected chi connectivity index (χ1v) is 7.55. The van der Waals surface area contributed by atoms with Crippen molar-refractivity contribution in [3.63, 3.8) is 0 Å². The van der Waals surface area contributed by atoms with Crippen molar-refractivity contribution in [3.8, 4) is 5.75 Å². The number of anilines is 2. The Hall–Kier alpha value is -1.87. The lowest BCUT2D eigenvalue weighted by molar-refractivity contribution is 0.342. The highest BCUT2D eigenvalue weighted by molar-refractivity contribution is 6.31. The first-order chi connectivity index (χ1) is 10.2. The zero-order chi connectivity index (χ0) is 15.1. The second kappa shape index (κ2) is 7.79. The highest BCUT2D eigenvalue weighted by Crippen LogP contribution is 2.24. The van der Waals surface area contributed by atoms with Crippen LogP contribution in [0.15, 0.2) is 42.5 Å². The Morgan fingerprint density at radius 2 is 1.62 bits per heavy atom. The first-order valence-electron chi connectivity index (χ1n) is 7.17. The fourth-order valence-electron chi connectivity index (χ4n) is 2.09. The van der Waals surface area contributed by atoms with Gasteiger partial charge in [-0.25, -0.2) is 0 Å². The number of halogens is 1. The molecule has 0 unspecified atom stereocenters. The Bertz CT molecular complexity index is 587. The van der Waals surface area contributed by atoms with Gasteiger partial charge in [-0.15, -0.1) is 0 Å². The largest absolute Gasteiger partial charge is 0.492 e. The van der Waals surface area contributed by atoms with E-state index in [9.17, 15) is 0 Å². The zero-order valence-corrected chi connectivity index (χ0v) is 13.2. The van der Waals surface area contributed by atoms with Gasteiger partial charge in [0.25, 0.3) is 0 Å². The Morgan fingerprint density at radius 1 is 0.952 bits per heavy atom. The van der Waals surface area contributed by atoms with E-state index in [1.807, 2.05) is 56.3 Å². The van der Waals surface area contributed by atoms with Crippen LogP contribution in [0.2, 0.25) is 5.02 Å². The van der Waals surface area contributed by atoms with Gasteiger partial charge in [0.05, 0.1) is 12.3 Å². The predicted octanol–water partition coefficient (Wildman–Crippen LogP) is 4.57. The quantitative estimate of drug-likeness (QED) is 0.735. The maximum Gasteiger partial charge on any atom is 0.142 e. The molecule has 3 nitrogen and oxygen atoms in total. The number of rotatable bonds is 7. The molecule has 2 aromatic carbocycles. The molecule has 0 fully saturated rings. The highest BCUT2D eigenvalue weighted by atomic mass is 35.5. The molecular weight excluding hydrogens is 284 g/mol. The minimum absolute atomic E-state index is 0.665. The van der Waals surface area contributed by atoms with Gasteiger partial charge in [-0.05, 0) is 43.7 Å². The van der Waals surface area contributed by atoms with E-state index in [0.29, 0.717) is 6.61 Å². The van der Waals surface area contributed by atoms with Gasteiger partial charge in [0, 0.05) is 23.8 Å². The summed E-state index contributed by atoms with van der Waals surface area (Å²) in [7, 11) is 0. The van der Waals surface area contributed by atoms with Crippen LogP contribution in [0.1, 0.15) is 12.5 Å². The highest BCUT2D eigenvalue weighted by Gasteiger charge is 2.02. The van der Waals surface area contributed by atoms with Gasteiger partial charge in [-0.3, -0.25) is 0 Å². The molecule has 0 amide bonds. The summed E-state index contributed by atoms with van der Waals surface area (Å²) in [6, 6.07) is 13.9. The van der Waals surface area contributed by atoms with Crippen LogP contribution in [0.3, 0.4) is 0 Å². The van der Waals surface area contributed by atoms with E-state index in [4.69, 9.17) is 16.3 Å². The molecule has 2 N–H and O–H groups in total. The molecule has 0 radical (unpaired) electrons. The normalized spacial score (nSPS) is 10.2. The Labute approximate surface area is 131 Å². The summed E-state index contributed by atoms with van der Waals surface area (Å²) in [6.45, 7) is 6.28. The fraction of sp³-hybridized carbons (Fsp3) is 0.294. The van der Waals surface area contributed by atoms with Crippen molar-refractivity contribution in [3.05, 3.63) is 53.1 Å². The van der Waals surface area contributed by atoms with Gasteiger partial charge in [-0.2, -0.15) is 0 Å². The zero-order valence-electron chi connectivity index (χ0n) is 12.4. The lowest BCUT2D eigenvalue weighted by atomic mass is 10.2. The molecular formula is C17H21ClN2O. The summed E-state index contributed by atoms with van der Waals surface area (Å²) >= 11 is 6.11. The van der Waals surface area contributed by atoms with Crippen LogP contribution in [0.4, 0.5) is 11.4 Å². The van der Waals surface area contributed by atoms with Crippen LogP contribution < -0.4 is 15.4 Å². The molecule has 0 saturated heterocycles. The SMILES string of the molecule is CCOc1ccccc1NCCNc1cccc(Cl)c1C. The summed E-state index contributed by atoms with van der Waals surface area (Å²) in [4.78, 5) is 0. The molecule has 0 atom stereocenters. The van der Waals surface area contributed by atoms with Crippen molar-refractivity contribution >= 4 is 23.0 Å². The molecule has 0 aliphatic rings. The third-order valence-corrected chi connectivity index (χ3v) is 3.62. The second-order valence-corrected chi connectivity index (χ2v) is 5.10. The number of nitrogens with one attached hydrogen (secondary N) is 2. The molecule has 0 spiro atoms. The summed E-state index contributed by atoms with van der Waals surface area (Å²) in [5.41, 5.74) is 3.17. The maximum absolute atomic E-state index is 6.11. The third-order valence-electron chi connectivity index (χ3n) is 3.21. The van der Waals surface area contributed by atoms with Crippen LogP contribution >= 0.6 is 11.6 Å². The van der Waals surface area contributed by atoms with Gasteiger partial charge in [0.2, 0.25) is 0 Å². The number of para-hydroxylation sites is 2. The molecule has 0 aliphatic carbocycles. The average Bonchev–Trinajstić information content (AvgIpc) is 2.49. The van der Waals surface area contributed by atoms with Crippen LogP contribution in [0, 0.1) is 6.92 Å². The Kier molecular flexibility index (Phi) is 5.76. The summed E-state index contributed by atoms with van der Waals surface area (Å²) in [5, 5.41) is 7.56. The van der Waals surface area contributed by atoms with Crippen LogP contribution in [0.5, 0.6) is 5.75 Å². The number of hydrogen-bond acceptors (Lipinski definition) is 3. The third kappa shape index (κ3) is 4.30. The van der Waals surface area contributed by atoms with E-state index >= 15 is 0 Å². The van der Waals surface area contributed by atoms with Gasteiger partial charge < -0.3 is 15.4 Å². The van der Waals surface area contributed by atoms with Gasteiger partial charge in [0.1, 0.15) is 5.75 Å². The van der Waals surface area contributed by atoms with E-state index in [0.717, 1.165) is 40.8 Å². The van der Waals surface area contributed by atoms with Crippen molar-refractivity contribution in [2.75, 3.05) is 30.3 Å². The van der Waals surface area contributed by atoms with Crippen molar-refractivity contribution < 1.29 is 4.74 Å². The molecule has 0 bridgehead atoms. The number of benzene rings is 2. The molecule has 2 rings (SSSR count). The van der Waals surface area contributed by atoms with Crippen molar-refractivity contribution in [2.24, 2.45) is 0 Å². The van der Waals surface area contributed by atoms with Crippen LogP contribution in [-0.4, -0.2) is 19.7 Å². The summed E-state index contributed by atoms with van der Waals surface area (Å²) in [5.74, 6) is 0.888. The maximum atomic E-state index is 6.11. The van der Waals surface area contributed by atoms with Gasteiger partial charge in [0.15, 0.2) is 0 Å². The minimum Gasteiger partial charge on any atom is -0.492 e. The van der Waals surface area contributed by atoms with Crippen LogP contribution in [0.25, 0.3) is 0 Å². The Morgan fingerprint density at radius 3 is 2.38 bits per heavy atom. The molecule has 21 heavy (non-hydrogen) atoms. The Balaban J connectivity index is 1.86. The summed E-state index contributed by atoms with van der Waals surface area (Å²) < 4.78 is 5.59. The standard InChI is InChI=1S/C17H21ClN2O/c1-3-21-17-10-5-4-8-16(17)20-12-11-19-15-9-6-7-14(18)13(15)2/h4-10,19-20H,3,11-12H2,1-2H3. The topological polar surface area (TPSA) is 33.3 Å². The van der Waals surface area contributed by atoms with E-state index in [1.165, 1.54) is 0 Å². The summed E-state index contributed by atoms with van der Waals surface area (Å²) in [6.07, 6.45) is 0. The lowest BCUT2D eigenvalue weighted by Crippen LogP contribution is -2.14. The van der Waals surface area contributed by atoms with E-state index < -0.39 is 0 Å². The molecule has 0 saturated carbocycles. The molecule has 0 aromatic heterocycles. The fourth-order valence-corrected chi connectivity index (χ4v) is 2.26. The second-order valence-electron chi connectivity index (χ2n) is 4.70. The monoisotopic (exact) mass is 304 g/mol. The van der Waals surface area contributed by atoms with Crippen molar-refractivity contribution in [1.29, 1.82) is 0 Å². The number of hydrogen-bond donors (Lipinski definition) is 2. The smallest absolute Gasteiger partial charge is 0.142 e. The van der Waals surface area contributed by atoms with Crippen LogP contribution in [-0.2, 0) is 0 Å². The minimum atomic E-state index is 0.665. The van der Waals surface area contributed by atoms with E-state index in [2.05, 4.69) is 10.6 Å². The van der Waals surface area contributed by atoms with E-state index in [-0.39, 0.29) is 0 Å². The molecule has 0 heterocycles. The molecule has 4 heteroatoms. The van der Waals surface area contributed by atoms with Gasteiger partial charge >= 0.3 is 0 Å². The first kappa shape index (κ1) is 15.5. The van der Waals surface area contributed by atoms with Crippen molar-refractivity contribution in [1.82, 2.24) is 0 Å². The molecule has 2 aromatic rings. The average molecular weight is 305 g/mol.